The largest absolute Gasteiger partial charge is 0.392 e. The smallest absolute Gasteiger partial charge is 0.245 e. The number of hydrogen-bond acceptors (Lipinski definition) is 5. The van der Waals surface area contributed by atoms with Gasteiger partial charge >= 0.3 is 0 Å². The third-order valence-electron chi connectivity index (χ3n) is 7.46. The standard InChI is InChI=1S/C30H33ClN4O3/c31-25-11-9-21(10-12-25)17-27(33-29(37)26-18-22-5-1-2-6-23(22)19-32-26)30(38)35-15-13-34(14-16-35)28-8-4-3-7-24(28)20-36/h1-12,26-27,32,36H,13-20H2,(H,33,37)/t26-,27-/m1/s1. The number of para-hydroxylation sites is 1. The van der Waals surface area contributed by atoms with E-state index in [1.165, 1.54) is 5.56 Å². The van der Waals surface area contributed by atoms with Crippen molar-refractivity contribution in [2.45, 2.75) is 38.1 Å². The molecule has 8 heteroatoms. The fourth-order valence-electron chi connectivity index (χ4n) is 5.31. The number of halogens is 1. The van der Waals surface area contributed by atoms with E-state index in [9.17, 15) is 14.7 Å². The van der Waals surface area contributed by atoms with Gasteiger partial charge in [0.25, 0.3) is 0 Å². The van der Waals surface area contributed by atoms with Crippen LogP contribution in [-0.4, -0.2) is 60.1 Å². The summed E-state index contributed by atoms with van der Waals surface area (Å²) >= 11 is 6.07. The van der Waals surface area contributed by atoms with Crippen LogP contribution in [0.1, 0.15) is 22.3 Å². The molecule has 1 fully saturated rings. The molecule has 0 aliphatic carbocycles. The summed E-state index contributed by atoms with van der Waals surface area (Å²) < 4.78 is 0. The normalized spacial score (nSPS) is 18.0. The van der Waals surface area contributed by atoms with E-state index in [2.05, 4.69) is 27.7 Å². The van der Waals surface area contributed by atoms with Gasteiger partial charge in [0.05, 0.1) is 12.6 Å². The SMILES string of the molecule is O=C(N[C@H](Cc1ccc(Cl)cc1)C(=O)N1CCN(c2ccccc2CO)CC1)[C@H]1Cc2ccccc2CN1. The van der Waals surface area contributed by atoms with Crippen LogP contribution in [0.2, 0.25) is 5.02 Å². The third-order valence-corrected chi connectivity index (χ3v) is 7.71. The Balaban J connectivity index is 1.28. The molecule has 7 nitrogen and oxygen atoms in total. The second-order valence-corrected chi connectivity index (χ2v) is 10.3. The number of aliphatic hydroxyl groups is 1. The van der Waals surface area contributed by atoms with Crippen molar-refractivity contribution >= 4 is 29.1 Å². The highest BCUT2D eigenvalue weighted by Crippen LogP contribution is 2.23. The summed E-state index contributed by atoms with van der Waals surface area (Å²) in [7, 11) is 0. The van der Waals surface area contributed by atoms with Gasteiger partial charge in [-0.2, -0.15) is 0 Å². The molecule has 5 rings (SSSR count). The molecule has 2 amide bonds. The molecule has 38 heavy (non-hydrogen) atoms. The third kappa shape index (κ3) is 6.01. The number of fused-ring (bicyclic) bond motifs is 1. The average Bonchev–Trinajstić information content (AvgIpc) is 2.97. The van der Waals surface area contributed by atoms with Crippen molar-refractivity contribution in [3.63, 3.8) is 0 Å². The number of rotatable bonds is 7. The van der Waals surface area contributed by atoms with E-state index in [4.69, 9.17) is 11.6 Å². The number of benzene rings is 3. The molecule has 2 heterocycles. The van der Waals surface area contributed by atoms with Crippen LogP contribution in [0.3, 0.4) is 0 Å². The van der Waals surface area contributed by atoms with Gasteiger partial charge < -0.3 is 25.5 Å². The molecule has 0 aromatic heterocycles. The minimum Gasteiger partial charge on any atom is -0.392 e. The van der Waals surface area contributed by atoms with Crippen LogP contribution in [0.5, 0.6) is 0 Å². The second kappa shape index (κ2) is 12.0. The number of nitrogens with one attached hydrogen (secondary N) is 2. The highest BCUT2D eigenvalue weighted by atomic mass is 35.5. The topological polar surface area (TPSA) is 84.9 Å². The van der Waals surface area contributed by atoms with Gasteiger partial charge in [0.1, 0.15) is 6.04 Å². The maximum absolute atomic E-state index is 13.8. The van der Waals surface area contributed by atoms with E-state index in [-0.39, 0.29) is 18.4 Å². The van der Waals surface area contributed by atoms with E-state index in [0.717, 1.165) is 22.4 Å². The lowest BCUT2D eigenvalue weighted by Crippen LogP contribution is -2.58. The average molecular weight is 533 g/mol. The first-order chi connectivity index (χ1) is 18.5. The van der Waals surface area contributed by atoms with Crippen molar-refractivity contribution in [1.82, 2.24) is 15.5 Å². The minimum atomic E-state index is -0.682. The molecule has 0 bridgehead atoms. The van der Waals surface area contributed by atoms with Crippen LogP contribution >= 0.6 is 11.6 Å². The van der Waals surface area contributed by atoms with Gasteiger partial charge in [0.15, 0.2) is 0 Å². The van der Waals surface area contributed by atoms with Crippen molar-refractivity contribution in [2.75, 3.05) is 31.1 Å². The fourth-order valence-corrected chi connectivity index (χ4v) is 5.44. The van der Waals surface area contributed by atoms with Crippen LogP contribution in [-0.2, 0) is 35.6 Å². The van der Waals surface area contributed by atoms with Crippen molar-refractivity contribution in [3.05, 3.63) is 100 Å². The quantitative estimate of drug-likeness (QED) is 0.436. The van der Waals surface area contributed by atoms with Gasteiger partial charge in [-0.3, -0.25) is 9.59 Å². The van der Waals surface area contributed by atoms with Gasteiger partial charge in [-0.15, -0.1) is 0 Å². The van der Waals surface area contributed by atoms with Crippen LogP contribution < -0.4 is 15.5 Å². The maximum atomic E-state index is 13.8. The number of carbonyl (C=O) groups excluding carboxylic acids is 2. The number of aliphatic hydroxyl groups excluding tert-OH is 1. The summed E-state index contributed by atoms with van der Waals surface area (Å²) in [4.78, 5) is 31.2. The molecule has 3 aromatic rings. The Morgan fingerprint density at radius 3 is 2.37 bits per heavy atom. The van der Waals surface area contributed by atoms with Crippen LogP contribution in [0, 0.1) is 0 Å². The molecule has 2 aliphatic rings. The Kier molecular flexibility index (Phi) is 8.27. The summed E-state index contributed by atoms with van der Waals surface area (Å²) in [5.74, 6) is -0.248. The van der Waals surface area contributed by atoms with Gasteiger partial charge in [-0.05, 0) is 41.3 Å². The van der Waals surface area contributed by atoms with Crippen LogP contribution in [0.25, 0.3) is 0 Å². The summed E-state index contributed by atoms with van der Waals surface area (Å²) in [6, 6.07) is 22.2. The van der Waals surface area contributed by atoms with Crippen molar-refractivity contribution in [2.24, 2.45) is 0 Å². The molecule has 0 spiro atoms. The minimum absolute atomic E-state index is 0.0236. The predicted molar refractivity (Wildman–Crippen MR) is 149 cm³/mol. The lowest BCUT2D eigenvalue weighted by Gasteiger charge is -2.38. The lowest BCUT2D eigenvalue weighted by atomic mass is 9.95. The van der Waals surface area contributed by atoms with E-state index < -0.39 is 12.1 Å². The summed E-state index contributed by atoms with van der Waals surface area (Å²) in [5, 5.41) is 16.7. The number of piperazine rings is 1. The molecule has 1 saturated heterocycles. The maximum Gasteiger partial charge on any atom is 0.245 e. The van der Waals surface area contributed by atoms with E-state index >= 15 is 0 Å². The molecule has 2 atom stereocenters. The zero-order chi connectivity index (χ0) is 26.5. The van der Waals surface area contributed by atoms with Crippen molar-refractivity contribution in [1.29, 1.82) is 0 Å². The monoisotopic (exact) mass is 532 g/mol. The van der Waals surface area contributed by atoms with Crippen LogP contribution in [0.4, 0.5) is 5.69 Å². The Labute approximate surface area is 228 Å². The van der Waals surface area contributed by atoms with E-state index in [0.29, 0.717) is 50.6 Å². The predicted octanol–water partition coefficient (Wildman–Crippen LogP) is 2.92. The number of anilines is 1. The van der Waals surface area contributed by atoms with E-state index in [1.54, 1.807) is 12.1 Å². The fraction of sp³-hybridized carbons (Fsp3) is 0.333. The molecule has 3 N–H and O–H groups in total. The summed E-state index contributed by atoms with van der Waals surface area (Å²) in [6.45, 7) is 3.00. The first-order valence-electron chi connectivity index (χ1n) is 13.1. The molecular weight excluding hydrogens is 500 g/mol. The highest BCUT2D eigenvalue weighted by Gasteiger charge is 2.32. The highest BCUT2D eigenvalue weighted by molar-refractivity contribution is 6.30. The number of carbonyl (C=O) groups is 2. The zero-order valence-electron chi connectivity index (χ0n) is 21.3. The van der Waals surface area contributed by atoms with Crippen molar-refractivity contribution < 1.29 is 14.7 Å². The molecule has 198 valence electrons. The number of nitrogens with zero attached hydrogens (tertiary/aromatic N) is 2. The Bertz CT molecular complexity index is 1270. The van der Waals surface area contributed by atoms with Gasteiger partial charge in [0.2, 0.25) is 11.8 Å². The van der Waals surface area contributed by atoms with Gasteiger partial charge in [-0.25, -0.2) is 0 Å². The first kappa shape index (κ1) is 26.2. The zero-order valence-corrected chi connectivity index (χ0v) is 22.0. The summed E-state index contributed by atoms with van der Waals surface area (Å²) in [6.07, 6.45) is 0.978. The number of amides is 2. The Morgan fingerprint density at radius 2 is 1.63 bits per heavy atom. The lowest BCUT2D eigenvalue weighted by molar-refractivity contribution is -0.137. The van der Waals surface area contributed by atoms with E-state index in [1.807, 2.05) is 53.4 Å². The van der Waals surface area contributed by atoms with Crippen molar-refractivity contribution in [3.8, 4) is 0 Å². The molecular formula is C30H33ClN4O3. The van der Waals surface area contributed by atoms with Gasteiger partial charge in [0, 0.05) is 55.4 Å². The molecule has 3 aromatic carbocycles. The number of hydrogen-bond donors (Lipinski definition) is 3. The molecule has 2 aliphatic heterocycles. The molecule has 0 saturated carbocycles. The first-order valence-corrected chi connectivity index (χ1v) is 13.5. The van der Waals surface area contributed by atoms with Crippen LogP contribution in [0.15, 0.2) is 72.8 Å². The summed E-state index contributed by atoms with van der Waals surface area (Å²) in [5.41, 5.74) is 5.17. The Morgan fingerprint density at radius 1 is 0.947 bits per heavy atom. The Hall–Kier alpha value is -3.39. The molecule has 0 radical (unpaired) electrons. The molecule has 0 unspecified atom stereocenters. The van der Waals surface area contributed by atoms with Gasteiger partial charge in [-0.1, -0.05) is 66.2 Å². The second-order valence-electron chi connectivity index (χ2n) is 9.90.